The molecule has 7 rings (SSSR count). The summed E-state index contributed by atoms with van der Waals surface area (Å²) >= 11 is 1.52. The number of likely N-dealkylation sites (N-methyl/N-ethyl adjacent to an activating group) is 1. The molecule has 0 aromatic carbocycles. The second kappa shape index (κ2) is 10.6. The van der Waals surface area contributed by atoms with Gasteiger partial charge < -0.3 is 25.0 Å². The van der Waals surface area contributed by atoms with Crippen molar-refractivity contribution in [1.29, 1.82) is 0 Å². The van der Waals surface area contributed by atoms with Crippen LogP contribution in [0.4, 0.5) is 27.4 Å². The van der Waals surface area contributed by atoms with E-state index < -0.39 is 5.82 Å². The van der Waals surface area contributed by atoms with Gasteiger partial charge in [-0.2, -0.15) is 0 Å². The van der Waals surface area contributed by atoms with Gasteiger partial charge in [0, 0.05) is 49.9 Å². The molecule has 0 spiro atoms. The topological polar surface area (TPSA) is 95.4 Å². The third-order valence-electron chi connectivity index (χ3n) is 8.69. The zero-order valence-corrected chi connectivity index (χ0v) is 24.4. The minimum atomic E-state index is -0.621. The summed E-state index contributed by atoms with van der Waals surface area (Å²) in [7, 11) is 3.77. The molecule has 2 atom stereocenters. The van der Waals surface area contributed by atoms with E-state index in [0.717, 1.165) is 31.9 Å². The van der Waals surface area contributed by atoms with Crippen molar-refractivity contribution in [3.8, 4) is 11.3 Å². The van der Waals surface area contributed by atoms with Crippen LogP contribution in [0.2, 0.25) is 0 Å². The van der Waals surface area contributed by atoms with E-state index in [1.165, 1.54) is 57.7 Å². The zero-order valence-electron chi connectivity index (χ0n) is 23.6. The first-order valence-corrected chi connectivity index (χ1v) is 15.1. The average molecular weight is 586 g/mol. The molecule has 1 amide bonds. The molecule has 1 saturated carbocycles. The molecule has 3 aliphatic rings. The molecule has 42 heavy (non-hydrogen) atoms. The van der Waals surface area contributed by atoms with Crippen molar-refractivity contribution in [2.45, 2.75) is 31.1 Å². The molecule has 4 aromatic heterocycles. The SMILES string of the molecule is CN1CCN(c2ccc(Nc3cc(-c4ccc(F)c(NC(=O)c5cc6c(s5)[C@H]5CC[C@H]6C5)n4)cn(C)c3=O)nc2)CC1. The van der Waals surface area contributed by atoms with Gasteiger partial charge in [-0.05, 0) is 80.1 Å². The highest BCUT2D eigenvalue weighted by Gasteiger charge is 2.39. The van der Waals surface area contributed by atoms with E-state index in [-0.39, 0.29) is 17.3 Å². The number of halogens is 1. The monoisotopic (exact) mass is 585 g/mol. The van der Waals surface area contributed by atoms with Crippen molar-refractivity contribution in [3.05, 3.63) is 80.3 Å². The van der Waals surface area contributed by atoms with Crippen molar-refractivity contribution in [2.75, 3.05) is 48.8 Å². The Kier molecular flexibility index (Phi) is 6.78. The van der Waals surface area contributed by atoms with Gasteiger partial charge >= 0.3 is 0 Å². The maximum atomic E-state index is 14.8. The lowest BCUT2D eigenvalue weighted by Gasteiger charge is -2.33. The van der Waals surface area contributed by atoms with Crippen molar-refractivity contribution in [1.82, 2.24) is 19.4 Å². The number of rotatable bonds is 6. The van der Waals surface area contributed by atoms with Gasteiger partial charge in [0.15, 0.2) is 11.6 Å². The summed E-state index contributed by atoms with van der Waals surface area (Å²) in [5.74, 6) is 0.540. The van der Waals surface area contributed by atoms with Crippen LogP contribution in [0.15, 0.2) is 53.6 Å². The third-order valence-corrected chi connectivity index (χ3v) is 10.0. The number of anilines is 4. The molecule has 5 heterocycles. The van der Waals surface area contributed by atoms with Crippen LogP contribution in [0.25, 0.3) is 11.3 Å². The highest BCUT2D eigenvalue weighted by Crippen LogP contribution is 2.55. The van der Waals surface area contributed by atoms with E-state index in [4.69, 9.17) is 0 Å². The van der Waals surface area contributed by atoms with Crippen LogP contribution in [0.3, 0.4) is 0 Å². The first-order chi connectivity index (χ1) is 20.3. The quantitative estimate of drug-likeness (QED) is 0.323. The van der Waals surface area contributed by atoms with Crippen molar-refractivity contribution >= 4 is 40.3 Å². The number of aryl methyl sites for hydroxylation is 1. The molecule has 1 aliphatic heterocycles. The Hall–Kier alpha value is -4.09. The van der Waals surface area contributed by atoms with Crippen LogP contribution in [0, 0.1) is 5.82 Å². The maximum Gasteiger partial charge on any atom is 0.274 e. The number of carbonyl (C=O) groups is 1. The molecule has 2 fully saturated rings. The van der Waals surface area contributed by atoms with Crippen LogP contribution in [0.1, 0.15) is 51.2 Å². The minimum absolute atomic E-state index is 0.140. The minimum Gasteiger partial charge on any atom is -0.368 e. The number of hydrogen-bond donors (Lipinski definition) is 2. The van der Waals surface area contributed by atoms with Gasteiger partial charge in [0.1, 0.15) is 11.5 Å². The summed E-state index contributed by atoms with van der Waals surface area (Å²) in [6, 6.07) is 10.3. The van der Waals surface area contributed by atoms with Gasteiger partial charge in [0.2, 0.25) is 0 Å². The fraction of sp³-hybridized carbons (Fsp3) is 0.355. The lowest BCUT2D eigenvalue weighted by atomic mass is 9.99. The molecule has 4 aromatic rings. The average Bonchev–Trinajstić information content (AvgIpc) is 3.72. The normalized spacial score (nSPS) is 19.6. The summed E-state index contributed by atoms with van der Waals surface area (Å²) in [5, 5.41) is 5.80. The lowest BCUT2D eigenvalue weighted by molar-refractivity contribution is 0.102. The molecule has 11 heteroatoms. The van der Waals surface area contributed by atoms with E-state index >= 15 is 0 Å². The maximum absolute atomic E-state index is 14.8. The fourth-order valence-electron chi connectivity index (χ4n) is 6.32. The summed E-state index contributed by atoms with van der Waals surface area (Å²) in [5.41, 5.74) is 3.43. The largest absolute Gasteiger partial charge is 0.368 e. The van der Waals surface area contributed by atoms with Crippen LogP contribution in [0.5, 0.6) is 0 Å². The Morgan fingerprint density at radius 3 is 2.62 bits per heavy atom. The number of carbonyl (C=O) groups excluding carboxylic acids is 1. The molecule has 0 radical (unpaired) electrons. The predicted octanol–water partition coefficient (Wildman–Crippen LogP) is 5.16. The number of piperazine rings is 1. The lowest BCUT2D eigenvalue weighted by Crippen LogP contribution is -2.44. The van der Waals surface area contributed by atoms with Gasteiger partial charge in [0.25, 0.3) is 11.5 Å². The number of thiophene rings is 1. The number of hydrogen-bond acceptors (Lipinski definition) is 8. The molecule has 0 unspecified atom stereocenters. The summed E-state index contributed by atoms with van der Waals surface area (Å²) in [6.45, 7) is 3.89. The number of fused-ring (bicyclic) bond motifs is 5. The summed E-state index contributed by atoms with van der Waals surface area (Å²) < 4.78 is 16.2. The fourth-order valence-corrected chi connectivity index (χ4v) is 7.61. The second-order valence-electron chi connectivity index (χ2n) is 11.5. The number of amides is 1. The molecule has 2 bridgehead atoms. The third kappa shape index (κ3) is 4.96. The number of aromatic nitrogens is 3. The Bertz CT molecular complexity index is 1700. The highest BCUT2D eigenvalue weighted by molar-refractivity contribution is 7.14. The van der Waals surface area contributed by atoms with Gasteiger partial charge in [-0.3, -0.25) is 9.59 Å². The molecule has 9 nitrogen and oxygen atoms in total. The molecule has 216 valence electrons. The van der Waals surface area contributed by atoms with Crippen LogP contribution >= 0.6 is 11.3 Å². The Morgan fingerprint density at radius 2 is 1.86 bits per heavy atom. The highest BCUT2D eigenvalue weighted by atomic mass is 32.1. The van der Waals surface area contributed by atoms with Crippen LogP contribution < -0.4 is 21.1 Å². The van der Waals surface area contributed by atoms with Crippen LogP contribution in [-0.2, 0) is 7.05 Å². The summed E-state index contributed by atoms with van der Waals surface area (Å²) in [6.07, 6.45) is 7.01. The molecular weight excluding hydrogens is 553 g/mol. The van der Waals surface area contributed by atoms with E-state index in [1.54, 1.807) is 19.3 Å². The standard InChI is InChI=1S/C31H32FN7O2S/c1-37-9-11-39(12-10-37)21-5-8-27(33-16-21)34-25-14-20(17-38(2)31(25)41)24-7-6-23(32)29(35-24)36-30(40)26-15-22-18-3-4-19(13-18)28(22)42-26/h5-8,14-19H,3-4,9-13H2,1-2H3,(H,33,34)(H,35,36,40)/t18-,19-/m0/s1. The van der Waals surface area contributed by atoms with Crippen molar-refractivity contribution < 1.29 is 9.18 Å². The number of nitrogens with zero attached hydrogens (tertiary/aromatic N) is 5. The Morgan fingerprint density at radius 1 is 1.05 bits per heavy atom. The van der Waals surface area contributed by atoms with Crippen molar-refractivity contribution in [2.24, 2.45) is 7.05 Å². The molecule has 1 saturated heterocycles. The Labute approximate surface area is 247 Å². The first kappa shape index (κ1) is 26.8. The van der Waals surface area contributed by atoms with Crippen LogP contribution in [-0.4, -0.2) is 58.6 Å². The molecular formula is C31H32FN7O2S. The van der Waals surface area contributed by atoms with E-state index in [1.807, 2.05) is 24.4 Å². The second-order valence-corrected chi connectivity index (χ2v) is 12.6. The van der Waals surface area contributed by atoms with E-state index in [0.29, 0.717) is 39.5 Å². The van der Waals surface area contributed by atoms with E-state index in [2.05, 4.69) is 37.4 Å². The van der Waals surface area contributed by atoms with Gasteiger partial charge in [-0.15, -0.1) is 11.3 Å². The van der Waals surface area contributed by atoms with Gasteiger partial charge in [0.05, 0.1) is 22.5 Å². The molecule has 2 aliphatic carbocycles. The number of nitrogens with one attached hydrogen (secondary N) is 2. The predicted molar refractivity (Wildman–Crippen MR) is 164 cm³/mol. The number of pyridine rings is 3. The molecule has 2 N–H and O–H groups in total. The smallest absolute Gasteiger partial charge is 0.274 e. The van der Waals surface area contributed by atoms with Gasteiger partial charge in [-0.1, -0.05) is 0 Å². The first-order valence-electron chi connectivity index (χ1n) is 14.3. The van der Waals surface area contributed by atoms with Gasteiger partial charge in [-0.25, -0.2) is 14.4 Å². The zero-order chi connectivity index (χ0) is 29.0. The summed E-state index contributed by atoms with van der Waals surface area (Å²) in [4.78, 5) is 41.5. The van der Waals surface area contributed by atoms with E-state index in [9.17, 15) is 14.0 Å². The van der Waals surface area contributed by atoms with Crippen molar-refractivity contribution in [3.63, 3.8) is 0 Å². The Balaban J connectivity index is 1.10.